The predicted octanol–water partition coefficient (Wildman–Crippen LogP) is 5.03. The predicted molar refractivity (Wildman–Crippen MR) is 104 cm³/mol. The third-order valence-electron chi connectivity index (χ3n) is 3.77. The summed E-state index contributed by atoms with van der Waals surface area (Å²) in [5, 5.41) is 9.73. The molecule has 1 N–H and O–H groups in total. The molecule has 0 unspecified atom stereocenters. The minimum Gasteiger partial charge on any atom is -0.253 e. The van der Waals surface area contributed by atoms with Crippen molar-refractivity contribution in [1.82, 2.24) is 14.8 Å². The van der Waals surface area contributed by atoms with Gasteiger partial charge in [0, 0.05) is 0 Å². The van der Waals surface area contributed by atoms with E-state index in [4.69, 9.17) is 11.6 Å². The molecule has 0 aliphatic carbocycles. The molecule has 0 fully saturated rings. The van der Waals surface area contributed by atoms with Gasteiger partial charge in [0.15, 0.2) is 0 Å². The molecule has 4 rings (SSSR count). The van der Waals surface area contributed by atoms with Gasteiger partial charge >= 0.3 is 0 Å². The highest BCUT2D eigenvalue weighted by Crippen LogP contribution is 2.26. The van der Waals surface area contributed by atoms with Gasteiger partial charge in [-0.05, 0) is 43.3 Å². The normalized spacial score (nSPS) is 11.5. The van der Waals surface area contributed by atoms with Crippen LogP contribution in [0.3, 0.4) is 0 Å². The molecule has 0 bridgehead atoms. The number of para-hydroxylation sites is 1. The average molecular weight is 386 g/mol. The van der Waals surface area contributed by atoms with Crippen molar-refractivity contribution < 1.29 is 4.39 Å². The lowest BCUT2D eigenvalue weighted by molar-refractivity contribution is 0.627. The Hall–Kier alpha value is -2.77. The van der Waals surface area contributed by atoms with E-state index in [1.165, 1.54) is 23.5 Å². The number of benzene rings is 2. The molecule has 8 heteroatoms. The lowest BCUT2D eigenvalue weighted by Gasteiger charge is -2.02. The maximum atomic E-state index is 13.1. The quantitative estimate of drug-likeness (QED) is 0.396. The molecule has 0 aliphatic rings. The van der Waals surface area contributed by atoms with E-state index in [1.807, 2.05) is 31.2 Å². The summed E-state index contributed by atoms with van der Waals surface area (Å²) in [6.45, 7) is 1.84. The number of nitrogens with one attached hydrogen (secondary N) is 1. The average Bonchev–Trinajstić information content (AvgIpc) is 3.17. The molecule has 0 atom stereocenters. The van der Waals surface area contributed by atoms with Gasteiger partial charge in [-0.1, -0.05) is 35.1 Å². The topological polar surface area (TPSA) is 55.1 Å². The van der Waals surface area contributed by atoms with Crippen LogP contribution in [-0.2, 0) is 0 Å². The minimum atomic E-state index is -0.310. The van der Waals surface area contributed by atoms with E-state index >= 15 is 0 Å². The fourth-order valence-electron chi connectivity index (χ4n) is 2.48. The number of aryl methyl sites for hydroxylation is 1. The lowest BCUT2D eigenvalue weighted by Crippen LogP contribution is -1.97. The largest absolute Gasteiger partial charge is 0.253 e. The first-order valence-electron chi connectivity index (χ1n) is 7.77. The Morgan fingerprint density at radius 1 is 1.19 bits per heavy atom. The van der Waals surface area contributed by atoms with Crippen LogP contribution in [-0.4, -0.2) is 21.0 Å². The Morgan fingerprint density at radius 2 is 1.96 bits per heavy atom. The number of nitrogens with zero attached hydrogens (tertiary/aromatic N) is 4. The van der Waals surface area contributed by atoms with Crippen molar-refractivity contribution in [2.75, 3.05) is 5.43 Å². The Morgan fingerprint density at radius 3 is 2.73 bits per heavy atom. The zero-order valence-corrected chi connectivity index (χ0v) is 15.2. The summed E-state index contributed by atoms with van der Waals surface area (Å²) in [6, 6.07) is 13.9. The highest BCUT2D eigenvalue weighted by Gasteiger charge is 2.13. The Balaban J connectivity index is 1.57. The van der Waals surface area contributed by atoms with Crippen LogP contribution in [0.5, 0.6) is 0 Å². The minimum absolute atomic E-state index is 0.310. The second-order valence-electron chi connectivity index (χ2n) is 5.53. The Labute approximate surface area is 157 Å². The van der Waals surface area contributed by atoms with E-state index < -0.39 is 0 Å². The number of hydrogen-bond donors (Lipinski definition) is 1. The van der Waals surface area contributed by atoms with E-state index in [9.17, 15) is 4.39 Å². The molecule has 0 aliphatic heterocycles. The number of halogens is 2. The van der Waals surface area contributed by atoms with Gasteiger partial charge < -0.3 is 0 Å². The summed E-state index contributed by atoms with van der Waals surface area (Å²) < 4.78 is 15.7. The number of fused-ring (bicyclic) bond motifs is 1. The SMILES string of the molecule is Cc1nn(-c2ccc(F)cc2)c(Cl)c1C=NNc1nc2ccccc2s1. The molecular formula is C18H13ClFN5S. The first-order chi connectivity index (χ1) is 12.6. The molecule has 2 aromatic heterocycles. The van der Waals surface area contributed by atoms with Crippen molar-refractivity contribution in [3.8, 4) is 5.69 Å². The molecule has 4 aromatic rings. The summed E-state index contributed by atoms with van der Waals surface area (Å²) >= 11 is 7.94. The Bertz CT molecular complexity index is 1070. The summed E-state index contributed by atoms with van der Waals surface area (Å²) in [6.07, 6.45) is 1.61. The molecule has 0 spiro atoms. The van der Waals surface area contributed by atoms with E-state index in [0.29, 0.717) is 27.2 Å². The maximum absolute atomic E-state index is 13.1. The molecule has 0 saturated heterocycles. The second kappa shape index (κ2) is 6.86. The van der Waals surface area contributed by atoms with Crippen LogP contribution in [0.25, 0.3) is 15.9 Å². The van der Waals surface area contributed by atoms with Crippen molar-refractivity contribution >= 4 is 44.5 Å². The van der Waals surface area contributed by atoms with E-state index in [0.717, 1.165) is 10.2 Å². The van der Waals surface area contributed by atoms with Crippen molar-refractivity contribution in [2.45, 2.75) is 6.92 Å². The molecule has 2 heterocycles. The van der Waals surface area contributed by atoms with Crippen molar-refractivity contribution in [1.29, 1.82) is 0 Å². The number of rotatable bonds is 4. The maximum Gasteiger partial charge on any atom is 0.204 e. The number of thiazole rings is 1. The molecule has 26 heavy (non-hydrogen) atoms. The summed E-state index contributed by atoms with van der Waals surface area (Å²) in [5.74, 6) is -0.310. The molecule has 5 nitrogen and oxygen atoms in total. The van der Waals surface area contributed by atoms with Gasteiger partial charge in [-0.25, -0.2) is 14.1 Å². The highest BCUT2D eigenvalue weighted by molar-refractivity contribution is 7.22. The van der Waals surface area contributed by atoms with Gasteiger partial charge in [-0.3, -0.25) is 5.43 Å². The fraction of sp³-hybridized carbons (Fsp3) is 0.0556. The third-order valence-corrected chi connectivity index (χ3v) is 5.07. The van der Waals surface area contributed by atoms with E-state index in [2.05, 4.69) is 20.6 Å². The zero-order valence-electron chi connectivity index (χ0n) is 13.6. The second-order valence-corrected chi connectivity index (χ2v) is 6.92. The van der Waals surface area contributed by atoms with Crippen LogP contribution in [0.2, 0.25) is 5.15 Å². The lowest BCUT2D eigenvalue weighted by atomic mass is 10.3. The van der Waals surface area contributed by atoms with E-state index in [-0.39, 0.29) is 5.82 Å². The van der Waals surface area contributed by atoms with Crippen LogP contribution >= 0.6 is 22.9 Å². The van der Waals surface area contributed by atoms with Gasteiger partial charge in [0.25, 0.3) is 0 Å². The molecule has 130 valence electrons. The summed E-state index contributed by atoms with van der Waals surface area (Å²) in [4.78, 5) is 4.45. The van der Waals surface area contributed by atoms with Gasteiger partial charge in [0.1, 0.15) is 11.0 Å². The van der Waals surface area contributed by atoms with Crippen LogP contribution in [0.15, 0.2) is 53.6 Å². The monoisotopic (exact) mass is 385 g/mol. The third kappa shape index (κ3) is 3.18. The van der Waals surface area contributed by atoms with Gasteiger partial charge in [0.05, 0.1) is 33.4 Å². The Kier molecular flexibility index (Phi) is 4.40. The summed E-state index contributed by atoms with van der Waals surface area (Å²) in [7, 11) is 0. The van der Waals surface area contributed by atoms with Crippen LogP contribution in [0.1, 0.15) is 11.3 Å². The van der Waals surface area contributed by atoms with Crippen LogP contribution < -0.4 is 5.43 Å². The smallest absolute Gasteiger partial charge is 0.204 e. The molecular weight excluding hydrogens is 373 g/mol. The first kappa shape index (κ1) is 16.7. The molecule has 0 saturated carbocycles. The van der Waals surface area contributed by atoms with Gasteiger partial charge in [-0.2, -0.15) is 10.2 Å². The van der Waals surface area contributed by atoms with Gasteiger partial charge in [-0.15, -0.1) is 0 Å². The number of anilines is 1. The van der Waals surface area contributed by atoms with Gasteiger partial charge in [0.2, 0.25) is 5.13 Å². The number of aromatic nitrogens is 3. The van der Waals surface area contributed by atoms with Crippen molar-refractivity contribution in [3.05, 3.63) is 70.8 Å². The zero-order chi connectivity index (χ0) is 18.1. The van der Waals surface area contributed by atoms with Crippen LogP contribution in [0.4, 0.5) is 9.52 Å². The molecule has 0 amide bonds. The standard InChI is InChI=1S/C18H13ClFN5S/c1-11-14(17(19)25(24-11)13-8-6-12(20)7-9-13)10-21-23-18-22-15-4-2-3-5-16(15)26-18/h2-10H,1H3,(H,22,23). The van der Waals surface area contributed by atoms with Crippen molar-refractivity contribution in [3.63, 3.8) is 0 Å². The first-order valence-corrected chi connectivity index (χ1v) is 8.97. The fourth-order valence-corrected chi connectivity index (χ4v) is 3.62. The molecule has 2 aromatic carbocycles. The highest BCUT2D eigenvalue weighted by atomic mass is 35.5. The number of hydrogen-bond acceptors (Lipinski definition) is 5. The van der Waals surface area contributed by atoms with E-state index in [1.54, 1.807) is 23.0 Å². The van der Waals surface area contributed by atoms with Crippen LogP contribution in [0, 0.1) is 12.7 Å². The number of hydrazone groups is 1. The molecule has 0 radical (unpaired) electrons. The van der Waals surface area contributed by atoms with Crippen molar-refractivity contribution in [2.24, 2.45) is 5.10 Å². The summed E-state index contributed by atoms with van der Waals surface area (Å²) in [5.41, 5.74) is 5.93.